The first-order valence-corrected chi connectivity index (χ1v) is 4.86. The number of nitrogens with zero attached hydrogens (tertiary/aromatic N) is 3. The lowest BCUT2D eigenvalue weighted by molar-refractivity contribution is 0.649. The zero-order valence-electron chi connectivity index (χ0n) is 9.31. The number of hydrogen-bond acceptors (Lipinski definition) is 1. The maximum absolute atomic E-state index is 8.41. The summed E-state index contributed by atoms with van der Waals surface area (Å²) in [6.07, 6.45) is 1.97. The molecule has 0 amide bonds. The number of allylic oxidation sites excluding steroid dienone is 1. The molecule has 0 aliphatic heterocycles. The maximum atomic E-state index is 8.41. The van der Waals surface area contributed by atoms with Gasteiger partial charge in [-0.25, -0.2) is 0 Å². The summed E-state index contributed by atoms with van der Waals surface area (Å²) in [5.41, 5.74) is 10.2. The van der Waals surface area contributed by atoms with E-state index in [9.17, 15) is 0 Å². The predicted molar refractivity (Wildman–Crippen MR) is 63.3 cm³/mol. The molecule has 0 N–H and O–H groups in total. The first-order chi connectivity index (χ1) is 7.05. The normalized spacial score (nSPS) is 12.1. The van der Waals surface area contributed by atoms with Crippen LogP contribution in [0.25, 0.3) is 16.0 Å². The van der Waals surface area contributed by atoms with Crippen LogP contribution in [0.5, 0.6) is 0 Å². The molecule has 78 valence electrons. The molecule has 0 spiro atoms. The highest BCUT2D eigenvalue weighted by molar-refractivity contribution is 5.64. The molecular formula is C12H15N3. The first kappa shape index (κ1) is 11.3. The summed E-state index contributed by atoms with van der Waals surface area (Å²) < 4.78 is 0. The van der Waals surface area contributed by atoms with Gasteiger partial charge in [-0.3, -0.25) is 0 Å². The Labute approximate surface area is 90.1 Å². The van der Waals surface area contributed by atoms with Crippen LogP contribution in [0.2, 0.25) is 0 Å². The van der Waals surface area contributed by atoms with Crippen molar-refractivity contribution < 1.29 is 0 Å². The maximum Gasteiger partial charge on any atom is 0.0617 e. The number of benzene rings is 1. The molecule has 0 unspecified atom stereocenters. The van der Waals surface area contributed by atoms with Crippen molar-refractivity contribution >= 4 is 5.57 Å². The van der Waals surface area contributed by atoms with Gasteiger partial charge in [-0.1, -0.05) is 55.4 Å². The van der Waals surface area contributed by atoms with E-state index >= 15 is 0 Å². The lowest BCUT2D eigenvalue weighted by atomic mass is 9.99. The van der Waals surface area contributed by atoms with Crippen molar-refractivity contribution in [1.82, 2.24) is 0 Å². The Balaban J connectivity index is 2.99. The monoisotopic (exact) mass is 201 g/mol. The molecule has 3 heteroatoms. The van der Waals surface area contributed by atoms with E-state index in [1.807, 2.05) is 57.2 Å². The third kappa shape index (κ3) is 3.49. The van der Waals surface area contributed by atoms with Crippen LogP contribution in [0, 0.1) is 0 Å². The Morgan fingerprint density at radius 2 is 1.93 bits per heavy atom. The minimum Gasteiger partial charge on any atom is -0.0838 e. The van der Waals surface area contributed by atoms with Crippen LogP contribution < -0.4 is 0 Å². The van der Waals surface area contributed by atoms with Crippen molar-refractivity contribution in [2.45, 2.75) is 26.3 Å². The third-order valence-corrected chi connectivity index (χ3v) is 2.10. The molecule has 0 atom stereocenters. The molecule has 0 aliphatic rings. The Bertz CT molecular complexity index is 398. The van der Waals surface area contributed by atoms with Gasteiger partial charge in [-0.05, 0) is 23.6 Å². The van der Waals surface area contributed by atoms with Gasteiger partial charge in [0.1, 0.15) is 0 Å². The van der Waals surface area contributed by atoms with Gasteiger partial charge in [0.25, 0.3) is 0 Å². The summed E-state index contributed by atoms with van der Waals surface area (Å²) in [4.78, 5) is 2.83. The Hall–Kier alpha value is -1.73. The second-order valence-corrected chi connectivity index (χ2v) is 4.04. The molecule has 15 heavy (non-hydrogen) atoms. The van der Waals surface area contributed by atoms with Gasteiger partial charge < -0.3 is 0 Å². The van der Waals surface area contributed by atoms with E-state index in [2.05, 4.69) is 10.0 Å². The highest BCUT2D eigenvalue weighted by atomic mass is 15.2. The molecule has 0 fully saturated rings. The number of rotatable bonds is 3. The fourth-order valence-corrected chi connectivity index (χ4v) is 1.46. The molecule has 0 saturated carbocycles. The van der Waals surface area contributed by atoms with Crippen LogP contribution in [0.4, 0.5) is 0 Å². The molecule has 1 aromatic rings. The van der Waals surface area contributed by atoms with E-state index < -0.39 is 5.54 Å². The molecular weight excluding hydrogens is 186 g/mol. The minimum absolute atomic E-state index is 0.478. The molecule has 0 heterocycles. The third-order valence-electron chi connectivity index (χ3n) is 2.10. The van der Waals surface area contributed by atoms with Crippen LogP contribution in [0.15, 0.2) is 41.5 Å². The summed E-state index contributed by atoms with van der Waals surface area (Å²) in [6.45, 7) is 5.79. The number of azide groups is 1. The van der Waals surface area contributed by atoms with Gasteiger partial charge in [-0.15, -0.1) is 0 Å². The Morgan fingerprint density at radius 1 is 1.33 bits per heavy atom. The Morgan fingerprint density at radius 3 is 2.47 bits per heavy atom. The summed E-state index contributed by atoms with van der Waals surface area (Å²) in [6, 6.07) is 10.0. The fraction of sp³-hybridized carbons (Fsp3) is 0.333. The minimum atomic E-state index is -0.478. The smallest absolute Gasteiger partial charge is 0.0617 e. The van der Waals surface area contributed by atoms with Gasteiger partial charge in [0.05, 0.1) is 5.54 Å². The molecule has 0 aliphatic carbocycles. The van der Waals surface area contributed by atoms with Crippen molar-refractivity contribution in [2.75, 3.05) is 0 Å². The van der Waals surface area contributed by atoms with Gasteiger partial charge in [-0.2, -0.15) is 0 Å². The average Bonchev–Trinajstić information content (AvgIpc) is 2.18. The lowest BCUT2D eigenvalue weighted by Gasteiger charge is -2.13. The quantitative estimate of drug-likeness (QED) is 0.400. The van der Waals surface area contributed by atoms with Crippen LogP contribution in [-0.4, -0.2) is 5.54 Å². The van der Waals surface area contributed by atoms with E-state index in [-0.39, 0.29) is 0 Å². The second kappa shape index (κ2) is 4.67. The molecule has 0 aromatic heterocycles. The molecule has 0 radical (unpaired) electrons. The van der Waals surface area contributed by atoms with Crippen molar-refractivity contribution in [1.29, 1.82) is 0 Å². The largest absolute Gasteiger partial charge is 0.0838 e. The van der Waals surface area contributed by atoms with Crippen molar-refractivity contribution in [3.05, 3.63) is 52.4 Å². The SMILES string of the molecule is CC(=CC(C)(C)N=[N+]=[N-])c1ccccc1. The molecule has 0 saturated heterocycles. The summed E-state index contributed by atoms with van der Waals surface area (Å²) in [5, 5.41) is 3.73. The highest BCUT2D eigenvalue weighted by Gasteiger charge is 2.12. The van der Waals surface area contributed by atoms with E-state index in [0.717, 1.165) is 11.1 Å². The van der Waals surface area contributed by atoms with Crippen molar-refractivity contribution in [3.8, 4) is 0 Å². The number of hydrogen-bond donors (Lipinski definition) is 0. The van der Waals surface area contributed by atoms with Crippen LogP contribution in [0.3, 0.4) is 0 Å². The fourth-order valence-electron chi connectivity index (χ4n) is 1.46. The summed E-state index contributed by atoms with van der Waals surface area (Å²) in [5.74, 6) is 0. The van der Waals surface area contributed by atoms with Gasteiger partial charge in [0.2, 0.25) is 0 Å². The topological polar surface area (TPSA) is 48.8 Å². The van der Waals surface area contributed by atoms with Crippen LogP contribution >= 0.6 is 0 Å². The van der Waals surface area contributed by atoms with E-state index in [1.54, 1.807) is 0 Å². The zero-order valence-corrected chi connectivity index (χ0v) is 9.31. The Kier molecular flexibility index (Phi) is 3.53. The van der Waals surface area contributed by atoms with Crippen LogP contribution in [0.1, 0.15) is 26.3 Å². The first-order valence-electron chi connectivity index (χ1n) is 4.86. The molecule has 3 nitrogen and oxygen atoms in total. The molecule has 1 rings (SSSR count). The van der Waals surface area contributed by atoms with Crippen molar-refractivity contribution in [2.24, 2.45) is 5.11 Å². The van der Waals surface area contributed by atoms with Gasteiger partial charge >= 0.3 is 0 Å². The molecule has 1 aromatic carbocycles. The average molecular weight is 201 g/mol. The standard InChI is InChI=1S/C12H15N3/c1-10(9-12(2,3)14-15-13)11-7-5-4-6-8-11/h4-9H,1-3H3. The van der Waals surface area contributed by atoms with Gasteiger partial charge in [0.15, 0.2) is 0 Å². The van der Waals surface area contributed by atoms with Crippen molar-refractivity contribution in [3.63, 3.8) is 0 Å². The lowest BCUT2D eigenvalue weighted by Crippen LogP contribution is -2.11. The van der Waals surface area contributed by atoms with E-state index in [0.29, 0.717) is 0 Å². The zero-order chi connectivity index (χ0) is 11.3. The predicted octanol–water partition coefficient (Wildman–Crippen LogP) is 4.18. The second-order valence-electron chi connectivity index (χ2n) is 4.04. The summed E-state index contributed by atoms with van der Waals surface area (Å²) >= 11 is 0. The molecule has 0 bridgehead atoms. The van der Waals surface area contributed by atoms with E-state index in [1.165, 1.54) is 0 Å². The van der Waals surface area contributed by atoms with Gasteiger partial charge in [0, 0.05) is 4.91 Å². The van der Waals surface area contributed by atoms with E-state index in [4.69, 9.17) is 5.53 Å². The van der Waals surface area contributed by atoms with Crippen LogP contribution in [-0.2, 0) is 0 Å². The summed E-state index contributed by atoms with van der Waals surface area (Å²) in [7, 11) is 0. The highest BCUT2D eigenvalue weighted by Crippen LogP contribution is 2.20.